The maximum Gasteiger partial charge on any atom is 0.335 e. The van der Waals surface area contributed by atoms with Gasteiger partial charge >= 0.3 is 11.9 Å². The van der Waals surface area contributed by atoms with Crippen molar-refractivity contribution in [2.45, 2.75) is 57.6 Å². The first kappa shape index (κ1) is 28.5. The van der Waals surface area contributed by atoms with Crippen molar-refractivity contribution in [3.8, 4) is 0 Å². The summed E-state index contributed by atoms with van der Waals surface area (Å²) in [5, 5.41) is 18.4. The third-order valence-corrected chi connectivity index (χ3v) is 5.45. The third kappa shape index (κ3) is 8.68. The fourth-order valence-corrected chi connectivity index (χ4v) is 3.85. The lowest BCUT2D eigenvalue weighted by Gasteiger charge is -2.41. The minimum Gasteiger partial charge on any atom is -0.478 e. The van der Waals surface area contributed by atoms with Crippen LogP contribution >= 0.6 is 24.8 Å². The Morgan fingerprint density at radius 2 is 1.70 bits per heavy atom. The van der Waals surface area contributed by atoms with E-state index in [1.807, 2.05) is 6.92 Å². The van der Waals surface area contributed by atoms with Crippen molar-refractivity contribution in [2.24, 2.45) is 5.92 Å². The van der Waals surface area contributed by atoms with Gasteiger partial charge in [-0.2, -0.15) is 0 Å². The maximum atomic E-state index is 11.8. The average Bonchev–Trinajstić information content (AvgIpc) is 2.70. The Kier molecular flexibility index (Phi) is 13.7. The van der Waals surface area contributed by atoms with Gasteiger partial charge in [-0.3, -0.25) is 9.69 Å². The lowest BCUT2D eigenvalue weighted by atomic mass is 9.89. The average molecular weight is 465 g/mol. The largest absolute Gasteiger partial charge is 0.478 e. The number of carboxylic acids is 1. The van der Waals surface area contributed by atoms with Crippen molar-refractivity contribution in [2.75, 3.05) is 25.4 Å². The van der Waals surface area contributed by atoms with E-state index in [0.29, 0.717) is 31.3 Å². The van der Waals surface area contributed by atoms with Gasteiger partial charge in [-0.25, -0.2) is 4.79 Å². The molecule has 0 radical (unpaired) electrons. The van der Waals surface area contributed by atoms with E-state index < -0.39 is 12.1 Å². The molecule has 1 aromatic carbocycles. The predicted octanol–water partition coefficient (Wildman–Crippen LogP) is 3.38. The zero-order valence-electron chi connectivity index (χ0n) is 17.4. The Labute approximate surface area is 190 Å². The van der Waals surface area contributed by atoms with Crippen LogP contribution in [0, 0.1) is 5.92 Å². The highest BCUT2D eigenvalue weighted by molar-refractivity contribution is 5.87. The second-order valence-electron chi connectivity index (χ2n) is 7.43. The Balaban J connectivity index is 0.000000604. The SMILES string of the molecule is CCOC(=O)C1CN(C2CCCCC2)CCC1O.Cl.Cl.Nc1ccc(C(=O)O)cc1. The van der Waals surface area contributed by atoms with Crippen molar-refractivity contribution in [3.63, 3.8) is 0 Å². The van der Waals surface area contributed by atoms with E-state index >= 15 is 0 Å². The molecule has 2 atom stereocenters. The molecule has 1 aliphatic heterocycles. The molecule has 0 bridgehead atoms. The molecule has 1 saturated carbocycles. The summed E-state index contributed by atoms with van der Waals surface area (Å²) in [6.45, 7) is 3.80. The number of hydrogen-bond acceptors (Lipinski definition) is 6. The highest BCUT2D eigenvalue weighted by Gasteiger charge is 2.36. The predicted molar refractivity (Wildman–Crippen MR) is 122 cm³/mol. The number of halogens is 2. The first-order valence-corrected chi connectivity index (χ1v) is 10.1. The molecule has 2 aliphatic rings. The van der Waals surface area contributed by atoms with Gasteiger partial charge in [0.1, 0.15) is 0 Å². The van der Waals surface area contributed by atoms with E-state index in [0.717, 1.165) is 6.54 Å². The number of piperidine rings is 1. The van der Waals surface area contributed by atoms with E-state index in [2.05, 4.69) is 4.90 Å². The molecule has 1 heterocycles. The molecule has 1 aromatic rings. The summed E-state index contributed by atoms with van der Waals surface area (Å²) in [4.78, 5) is 24.5. The number of hydrogen-bond donors (Lipinski definition) is 3. The number of anilines is 1. The summed E-state index contributed by atoms with van der Waals surface area (Å²) < 4.78 is 5.06. The van der Waals surface area contributed by atoms with Crippen LogP contribution < -0.4 is 5.73 Å². The topological polar surface area (TPSA) is 113 Å². The van der Waals surface area contributed by atoms with Crippen molar-refractivity contribution < 1.29 is 24.5 Å². The summed E-state index contributed by atoms with van der Waals surface area (Å²) in [6, 6.07) is 6.67. The van der Waals surface area contributed by atoms with Crippen molar-refractivity contribution in [3.05, 3.63) is 29.8 Å². The van der Waals surface area contributed by atoms with E-state index in [-0.39, 0.29) is 42.3 Å². The lowest BCUT2D eigenvalue weighted by molar-refractivity contribution is -0.156. The number of nitrogens with two attached hydrogens (primary N) is 1. The van der Waals surface area contributed by atoms with Gasteiger partial charge in [0.15, 0.2) is 0 Å². The molecule has 7 nitrogen and oxygen atoms in total. The number of likely N-dealkylation sites (tertiary alicyclic amines) is 1. The molecule has 3 rings (SSSR count). The Bertz CT molecular complexity index is 639. The molecule has 30 heavy (non-hydrogen) atoms. The second kappa shape index (κ2) is 14.5. The molecule has 2 fully saturated rings. The maximum absolute atomic E-state index is 11.8. The third-order valence-electron chi connectivity index (χ3n) is 5.45. The highest BCUT2D eigenvalue weighted by Crippen LogP contribution is 2.27. The van der Waals surface area contributed by atoms with E-state index in [1.54, 1.807) is 12.1 Å². The molecule has 1 aliphatic carbocycles. The van der Waals surface area contributed by atoms with Crippen molar-refractivity contribution >= 4 is 42.4 Å². The van der Waals surface area contributed by atoms with Crippen LogP contribution in [0.15, 0.2) is 24.3 Å². The number of nitrogens with zero attached hydrogens (tertiary/aromatic N) is 1. The van der Waals surface area contributed by atoms with Gasteiger partial charge in [0.2, 0.25) is 0 Å². The zero-order valence-corrected chi connectivity index (χ0v) is 19.0. The number of aliphatic hydroxyl groups excluding tert-OH is 1. The van der Waals surface area contributed by atoms with E-state index in [4.69, 9.17) is 15.6 Å². The van der Waals surface area contributed by atoms with Crippen LogP contribution in [0.3, 0.4) is 0 Å². The summed E-state index contributed by atoms with van der Waals surface area (Å²) in [5.41, 5.74) is 6.17. The number of carbonyl (C=O) groups is 2. The molecule has 9 heteroatoms. The van der Waals surface area contributed by atoms with Gasteiger partial charge in [-0.15, -0.1) is 24.8 Å². The zero-order chi connectivity index (χ0) is 20.5. The van der Waals surface area contributed by atoms with Gasteiger partial charge in [0, 0.05) is 24.8 Å². The number of nitrogen functional groups attached to an aromatic ring is 1. The quantitative estimate of drug-likeness (QED) is 0.462. The van der Waals surface area contributed by atoms with Gasteiger partial charge in [0.05, 0.1) is 24.2 Å². The first-order valence-electron chi connectivity index (χ1n) is 10.1. The molecule has 4 N–H and O–H groups in total. The van der Waals surface area contributed by atoms with Crippen molar-refractivity contribution in [1.82, 2.24) is 4.90 Å². The van der Waals surface area contributed by atoms with Crippen LogP contribution in [0.25, 0.3) is 0 Å². The monoisotopic (exact) mass is 464 g/mol. The van der Waals surface area contributed by atoms with Gasteiger partial charge in [-0.1, -0.05) is 19.3 Å². The van der Waals surface area contributed by atoms with Crippen LogP contribution in [-0.4, -0.2) is 58.9 Å². The number of esters is 1. The normalized spacial score (nSPS) is 21.8. The number of benzene rings is 1. The molecular weight excluding hydrogens is 431 g/mol. The summed E-state index contributed by atoms with van der Waals surface area (Å²) in [5.74, 6) is -1.51. The van der Waals surface area contributed by atoms with Gasteiger partial charge in [0.25, 0.3) is 0 Å². The smallest absolute Gasteiger partial charge is 0.335 e. The molecule has 2 unspecified atom stereocenters. The minimum absolute atomic E-state index is 0. The fourth-order valence-electron chi connectivity index (χ4n) is 3.85. The molecule has 0 spiro atoms. The minimum atomic E-state index is -0.931. The molecule has 0 amide bonds. The van der Waals surface area contributed by atoms with E-state index in [9.17, 15) is 14.7 Å². The first-order chi connectivity index (χ1) is 13.4. The Morgan fingerprint density at radius 3 is 2.23 bits per heavy atom. The summed E-state index contributed by atoms with van der Waals surface area (Å²) in [7, 11) is 0. The van der Waals surface area contributed by atoms with Crippen molar-refractivity contribution in [1.29, 1.82) is 0 Å². The number of ether oxygens (including phenoxy) is 1. The number of carbonyl (C=O) groups excluding carboxylic acids is 1. The van der Waals surface area contributed by atoms with E-state index in [1.165, 1.54) is 44.2 Å². The summed E-state index contributed by atoms with van der Waals surface area (Å²) in [6.07, 6.45) is 6.59. The highest BCUT2D eigenvalue weighted by atomic mass is 35.5. The number of aromatic carboxylic acids is 1. The molecule has 172 valence electrons. The number of aliphatic hydroxyl groups is 1. The van der Waals surface area contributed by atoms with Crippen LogP contribution in [0.2, 0.25) is 0 Å². The lowest BCUT2D eigenvalue weighted by Crippen LogP contribution is -2.51. The van der Waals surface area contributed by atoms with Crippen LogP contribution in [0.5, 0.6) is 0 Å². The molecular formula is C21H34Cl2N2O5. The summed E-state index contributed by atoms with van der Waals surface area (Å²) >= 11 is 0. The Morgan fingerprint density at radius 1 is 1.10 bits per heavy atom. The molecule has 0 aromatic heterocycles. The Hall–Kier alpha value is -1.54. The van der Waals surface area contributed by atoms with Gasteiger partial charge < -0.3 is 20.7 Å². The fraction of sp³-hybridized carbons (Fsp3) is 0.619. The number of rotatable bonds is 4. The van der Waals surface area contributed by atoms with Crippen LogP contribution in [-0.2, 0) is 9.53 Å². The number of carboxylic acid groups (broad SMARTS) is 1. The second-order valence-corrected chi connectivity index (χ2v) is 7.43. The van der Waals surface area contributed by atoms with Crippen LogP contribution in [0.1, 0.15) is 55.8 Å². The van der Waals surface area contributed by atoms with Crippen LogP contribution in [0.4, 0.5) is 5.69 Å². The standard InChI is InChI=1S/C14H25NO3.C7H7NO2.2ClH/c1-2-18-14(17)12-10-15(9-8-13(12)16)11-6-4-3-5-7-11;8-6-3-1-5(2-4-6)7(9)10;;/h11-13,16H,2-10H2,1H3;1-4H,8H2,(H,9,10);2*1H. The van der Waals surface area contributed by atoms with Gasteiger partial charge in [-0.05, 0) is 50.5 Å². The molecule has 1 saturated heterocycles.